The van der Waals surface area contributed by atoms with Gasteiger partial charge < -0.3 is 5.73 Å². The number of nitrogens with two attached hydrogens (primary N) is 1. The Morgan fingerprint density at radius 1 is 0.833 bits per heavy atom. The zero-order valence-electron chi connectivity index (χ0n) is 13.4. The summed E-state index contributed by atoms with van der Waals surface area (Å²) in [5.41, 5.74) is 11.4. The average Bonchev–Trinajstić information content (AvgIpc) is 2.56. The first-order chi connectivity index (χ1) is 11.7. The maximum Gasteiger partial charge on any atom is 0.102 e. The molecule has 3 rings (SSSR count). The highest BCUT2D eigenvalue weighted by Gasteiger charge is 2.23. The smallest absolute Gasteiger partial charge is 0.102 e. The highest BCUT2D eigenvalue weighted by Crippen LogP contribution is 2.39. The molecule has 1 aliphatic rings. The molecule has 0 fully saturated rings. The van der Waals surface area contributed by atoms with E-state index in [1.54, 1.807) is 0 Å². The van der Waals surface area contributed by atoms with Gasteiger partial charge in [0.25, 0.3) is 0 Å². The Balaban J connectivity index is 2.36. The van der Waals surface area contributed by atoms with Gasteiger partial charge in [-0.3, -0.25) is 0 Å². The largest absolute Gasteiger partial charge is 0.397 e. The lowest BCUT2D eigenvalue weighted by molar-refractivity contribution is 0.617. The number of benzene rings is 2. The number of fused-ring (bicyclic) bond motifs is 1. The zero-order chi connectivity index (χ0) is 17.1. The molecule has 0 amide bonds. The second kappa shape index (κ2) is 6.95. The Morgan fingerprint density at radius 3 is 2.00 bits per heavy atom. The molecule has 1 aliphatic carbocycles. The van der Waals surface area contributed by atoms with Crippen LogP contribution in [0.5, 0.6) is 0 Å². The minimum Gasteiger partial charge on any atom is -0.397 e. The highest BCUT2D eigenvalue weighted by atomic mass is 35.5. The average molecular weight is 336 g/mol. The molecule has 0 spiro atoms. The predicted octanol–water partition coefficient (Wildman–Crippen LogP) is 4.99. The standard InChI is InChI=1S/C20H18ClN3/c21-14-9-7-13(8-10-14)19-16-6-4-2-1-3-5-15(16)17(11-22)20(24)18(19)12-23/h7-10H,1-6,24H2. The number of nitrogen functional groups attached to an aromatic ring is 1. The lowest BCUT2D eigenvalue weighted by atomic mass is 9.81. The summed E-state index contributed by atoms with van der Waals surface area (Å²) in [4.78, 5) is 0. The minimum absolute atomic E-state index is 0.310. The Morgan fingerprint density at radius 2 is 1.42 bits per heavy atom. The predicted molar refractivity (Wildman–Crippen MR) is 96.6 cm³/mol. The molecule has 0 bridgehead atoms. The number of nitriles is 2. The van der Waals surface area contributed by atoms with Gasteiger partial charge in [-0.2, -0.15) is 10.5 Å². The fraction of sp³-hybridized carbons (Fsp3) is 0.300. The molecule has 0 saturated carbocycles. The fourth-order valence-electron chi connectivity index (χ4n) is 3.56. The van der Waals surface area contributed by atoms with Gasteiger partial charge >= 0.3 is 0 Å². The quantitative estimate of drug-likeness (QED) is 0.746. The van der Waals surface area contributed by atoms with E-state index in [-0.39, 0.29) is 0 Å². The van der Waals surface area contributed by atoms with Crippen molar-refractivity contribution >= 4 is 17.3 Å². The number of nitrogens with zero attached hydrogens (tertiary/aromatic N) is 2. The molecule has 2 aromatic carbocycles. The Kier molecular flexibility index (Phi) is 4.74. The normalized spacial score (nSPS) is 14.0. The zero-order valence-corrected chi connectivity index (χ0v) is 14.2. The van der Waals surface area contributed by atoms with E-state index in [1.807, 2.05) is 24.3 Å². The van der Waals surface area contributed by atoms with Crippen LogP contribution in [0.15, 0.2) is 24.3 Å². The maximum atomic E-state index is 9.70. The van der Waals surface area contributed by atoms with Crippen LogP contribution in [-0.2, 0) is 12.8 Å². The molecule has 4 heteroatoms. The molecule has 0 unspecified atom stereocenters. The van der Waals surface area contributed by atoms with Crippen molar-refractivity contribution in [2.45, 2.75) is 38.5 Å². The number of hydrogen-bond acceptors (Lipinski definition) is 3. The second-order valence-corrected chi connectivity index (χ2v) is 6.58. The summed E-state index contributed by atoms with van der Waals surface area (Å²) in [5, 5.41) is 19.9. The van der Waals surface area contributed by atoms with E-state index in [4.69, 9.17) is 17.3 Å². The van der Waals surface area contributed by atoms with Crippen LogP contribution in [0.4, 0.5) is 5.69 Å². The lowest BCUT2D eigenvalue weighted by Crippen LogP contribution is -2.10. The van der Waals surface area contributed by atoms with Crippen molar-refractivity contribution in [2.24, 2.45) is 0 Å². The fourth-order valence-corrected chi connectivity index (χ4v) is 3.69. The molecule has 2 aromatic rings. The Hall–Kier alpha value is -2.49. The topological polar surface area (TPSA) is 73.6 Å². The molecular formula is C20H18ClN3. The van der Waals surface area contributed by atoms with E-state index in [1.165, 1.54) is 12.8 Å². The van der Waals surface area contributed by atoms with E-state index in [0.29, 0.717) is 21.8 Å². The van der Waals surface area contributed by atoms with Gasteiger partial charge in [0, 0.05) is 10.6 Å². The van der Waals surface area contributed by atoms with E-state index in [9.17, 15) is 10.5 Å². The summed E-state index contributed by atoms with van der Waals surface area (Å²) < 4.78 is 0. The Bertz CT molecular complexity index is 855. The van der Waals surface area contributed by atoms with Crippen molar-refractivity contribution in [3.05, 3.63) is 51.5 Å². The summed E-state index contributed by atoms with van der Waals surface area (Å²) >= 11 is 6.01. The van der Waals surface area contributed by atoms with Gasteiger partial charge in [0.1, 0.15) is 12.1 Å². The lowest BCUT2D eigenvalue weighted by Gasteiger charge is -2.22. The summed E-state index contributed by atoms with van der Waals surface area (Å²) in [6.07, 6.45) is 6.17. The number of hydrogen-bond donors (Lipinski definition) is 1. The van der Waals surface area contributed by atoms with Crippen LogP contribution in [0.1, 0.15) is 47.9 Å². The van der Waals surface area contributed by atoms with Crippen LogP contribution in [0.25, 0.3) is 11.1 Å². The molecule has 120 valence electrons. The number of anilines is 1. The van der Waals surface area contributed by atoms with E-state index in [2.05, 4.69) is 12.1 Å². The minimum atomic E-state index is 0.310. The number of rotatable bonds is 1. The van der Waals surface area contributed by atoms with Crippen molar-refractivity contribution in [1.82, 2.24) is 0 Å². The summed E-state index contributed by atoms with van der Waals surface area (Å²) in [6, 6.07) is 11.9. The molecule has 0 aliphatic heterocycles. The third kappa shape index (κ3) is 2.84. The maximum absolute atomic E-state index is 9.70. The second-order valence-electron chi connectivity index (χ2n) is 6.14. The van der Waals surface area contributed by atoms with Crippen LogP contribution in [0.3, 0.4) is 0 Å². The van der Waals surface area contributed by atoms with Gasteiger partial charge in [-0.1, -0.05) is 36.6 Å². The van der Waals surface area contributed by atoms with Gasteiger partial charge in [-0.25, -0.2) is 0 Å². The van der Waals surface area contributed by atoms with Gasteiger partial charge in [0.05, 0.1) is 16.8 Å². The first-order valence-electron chi connectivity index (χ1n) is 8.20. The molecule has 0 atom stereocenters. The first-order valence-corrected chi connectivity index (χ1v) is 8.58. The molecule has 0 radical (unpaired) electrons. The molecule has 2 N–H and O–H groups in total. The van der Waals surface area contributed by atoms with Gasteiger partial charge in [0.15, 0.2) is 0 Å². The summed E-state index contributed by atoms with van der Waals surface area (Å²) in [6.45, 7) is 0. The van der Waals surface area contributed by atoms with Crippen LogP contribution < -0.4 is 5.73 Å². The monoisotopic (exact) mass is 335 g/mol. The van der Waals surface area contributed by atoms with E-state index in [0.717, 1.165) is 47.9 Å². The molecular weight excluding hydrogens is 318 g/mol. The molecule has 0 saturated heterocycles. The third-order valence-corrected chi connectivity index (χ3v) is 4.97. The highest BCUT2D eigenvalue weighted by molar-refractivity contribution is 6.30. The summed E-state index contributed by atoms with van der Waals surface area (Å²) in [7, 11) is 0. The van der Waals surface area contributed by atoms with Crippen molar-refractivity contribution in [1.29, 1.82) is 10.5 Å². The third-order valence-electron chi connectivity index (χ3n) is 4.72. The van der Waals surface area contributed by atoms with Crippen molar-refractivity contribution in [3.63, 3.8) is 0 Å². The number of halogens is 1. The van der Waals surface area contributed by atoms with E-state index < -0.39 is 0 Å². The summed E-state index contributed by atoms with van der Waals surface area (Å²) in [5.74, 6) is 0. The van der Waals surface area contributed by atoms with Crippen molar-refractivity contribution in [3.8, 4) is 23.3 Å². The van der Waals surface area contributed by atoms with Crippen molar-refractivity contribution < 1.29 is 0 Å². The van der Waals surface area contributed by atoms with Crippen LogP contribution in [0, 0.1) is 22.7 Å². The molecule has 3 nitrogen and oxygen atoms in total. The van der Waals surface area contributed by atoms with Crippen LogP contribution in [-0.4, -0.2) is 0 Å². The van der Waals surface area contributed by atoms with Gasteiger partial charge in [-0.05, 0) is 54.5 Å². The van der Waals surface area contributed by atoms with Crippen LogP contribution >= 0.6 is 11.6 Å². The molecule has 0 heterocycles. The molecule has 0 aromatic heterocycles. The SMILES string of the molecule is N#Cc1c(N)c(C#N)c(-c2ccc(Cl)cc2)c2c1CCCCCC2. The van der Waals surface area contributed by atoms with Gasteiger partial charge in [-0.15, -0.1) is 0 Å². The van der Waals surface area contributed by atoms with Crippen LogP contribution in [0.2, 0.25) is 5.02 Å². The van der Waals surface area contributed by atoms with E-state index >= 15 is 0 Å². The van der Waals surface area contributed by atoms with Gasteiger partial charge in [0.2, 0.25) is 0 Å². The van der Waals surface area contributed by atoms with Crippen molar-refractivity contribution in [2.75, 3.05) is 5.73 Å². The molecule has 24 heavy (non-hydrogen) atoms. The Labute approximate surface area is 147 Å². The first kappa shape index (κ1) is 16.4.